The normalized spacial score (nSPS) is 17.7. The molecule has 1 heterocycles. The van der Waals surface area contributed by atoms with Gasteiger partial charge in [-0.05, 0) is 5.53 Å². The Hall–Kier alpha value is -1.83. The van der Waals surface area contributed by atoms with E-state index in [2.05, 4.69) is 24.2 Å². The highest BCUT2D eigenvalue weighted by Gasteiger charge is 2.31. The second kappa shape index (κ2) is 8.34. The van der Waals surface area contributed by atoms with Crippen LogP contribution in [0.5, 0.6) is 0 Å². The maximum absolute atomic E-state index is 10.4. The quantitative estimate of drug-likeness (QED) is 0.231. The van der Waals surface area contributed by atoms with Crippen LogP contribution in [0.1, 0.15) is 0 Å². The molecule has 1 N–H and O–H groups in total. The number of carbonyl (C=O) groups is 2. The first-order valence-electron chi connectivity index (χ1n) is 4.53. The molecule has 1 fully saturated rings. The number of esters is 2. The SMILES string of the molecule is COC(=O)[C@H](O)CN=[N+]=[N-].COC(=O)[C@H]1CO1. The number of epoxide rings is 1. The molecule has 9 heteroatoms. The van der Waals surface area contributed by atoms with Crippen LogP contribution in [0.2, 0.25) is 0 Å². The van der Waals surface area contributed by atoms with E-state index in [0.717, 1.165) is 7.11 Å². The Balaban J connectivity index is 0.000000318. The fourth-order valence-electron chi connectivity index (χ4n) is 0.640. The molecule has 1 aliphatic rings. The van der Waals surface area contributed by atoms with Crippen molar-refractivity contribution in [3.05, 3.63) is 10.4 Å². The van der Waals surface area contributed by atoms with Gasteiger partial charge in [-0.2, -0.15) is 0 Å². The summed E-state index contributed by atoms with van der Waals surface area (Å²) in [6, 6.07) is 0. The summed E-state index contributed by atoms with van der Waals surface area (Å²) < 4.78 is 13.0. The van der Waals surface area contributed by atoms with E-state index < -0.39 is 12.1 Å². The van der Waals surface area contributed by atoms with Gasteiger partial charge in [0, 0.05) is 4.91 Å². The Morgan fingerprint density at radius 1 is 1.59 bits per heavy atom. The van der Waals surface area contributed by atoms with Crippen molar-refractivity contribution >= 4 is 11.9 Å². The van der Waals surface area contributed by atoms with E-state index in [1.165, 1.54) is 7.11 Å². The van der Waals surface area contributed by atoms with Crippen molar-refractivity contribution in [3.8, 4) is 0 Å². The second-order valence-electron chi connectivity index (χ2n) is 2.80. The zero-order valence-corrected chi connectivity index (χ0v) is 9.40. The van der Waals surface area contributed by atoms with Crippen LogP contribution in [-0.2, 0) is 23.8 Å². The molecule has 17 heavy (non-hydrogen) atoms. The Morgan fingerprint density at radius 2 is 2.18 bits per heavy atom. The predicted molar refractivity (Wildman–Crippen MR) is 53.8 cm³/mol. The Labute approximate surface area is 96.9 Å². The third kappa shape index (κ3) is 7.12. The first kappa shape index (κ1) is 15.2. The predicted octanol–water partition coefficient (Wildman–Crippen LogP) is -0.611. The molecule has 2 atom stereocenters. The van der Waals surface area contributed by atoms with Crippen LogP contribution in [-0.4, -0.2) is 56.6 Å². The Bertz CT molecular complexity index is 310. The second-order valence-corrected chi connectivity index (χ2v) is 2.80. The van der Waals surface area contributed by atoms with Crippen molar-refractivity contribution in [1.82, 2.24) is 0 Å². The average Bonchev–Trinajstić information content (AvgIpc) is 3.18. The van der Waals surface area contributed by atoms with E-state index in [1.807, 2.05) is 0 Å². The molecule has 1 aliphatic heterocycles. The minimum atomic E-state index is -1.35. The number of nitrogens with zero attached hydrogens (tertiary/aromatic N) is 3. The molecule has 0 saturated carbocycles. The lowest BCUT2D eigenvalue weighted by Gasteiger charge is -2.02. The first-order valence-corrected chi connectivity index (χ1v) is 4.53. The summed E-state index contributed by atoms with van der Waals surface area (Å²) in [5, 5.41) is 11.7. The number of aliphatic hydroxyl groups is 1. The molecule has 0 aliphatic carbocycles. The first-order chi connectivity index (χ1) is 8.06. The van der Waals surface area contributed by atoms with Gasteiger partial charge >= 0.3 is 11.9 Å². The number of carbonyl (C=O) groups excluding carboxylic acids is 2. The highest BCUT2D eigenvalue weighted by molar-refractivity contribution is 5.76. The van der Waals surface area contributed by atoms with E-state index in [0.29, 0.717) is 6.61 Å². The number of rotatable bonds is 4. The van der Waals surface area contributed by atoms with Crippen molar-refractivity contribution < 1.29 is 28.9 Å². The third-order valence-electron chi connectivity index (χ3n) is 1.59. The van der Waals surface area contributed by atoms with Crippen LogP contribution < -0.4 is 0 Å². The molecule has 1 saturated heterocycles. The van der Waals surface area contributed by atoms with Crippen LogP contribution in [0, 0.1) is 0 Å². The van der Waals surface area contributed by atoms with Gasteiger partial charge in [-0.25, -0.2) is 9.59 Å². The molecule has 0 aromatic carbocycles. The van der Waals surface area contributed by atoms with Crippen molar-refractivity contribution in [1.29, 1.82) is 0 Å². The van der Waals surface area contributed by atoms with Crippen LogP contribution in [0.4, 0.5) is 0 Å². The molecule has 0 aromatic heterocycles. The van der Waals surface area contributed by atoms with E-state index in [9.17, 15) is 9.59 Å². The van der Waals surface area contributed by atoms with Gasteiger partial charge in [-0.15, -0.1) is 0 Å². The highest BCUT2D eigenvalue weighted by atomic mass is 16.6. The van der Waals surface area contributed by atoms with Gasteiger partial charge < -0.3 is 19.3 Å². The minimum absolute atomic E-state index is 0.245. The maximum Gasteiger partial charge on any atom is 0.337 e. The molecular formula is C8H13N3O6. The number of aliphatic hydroxyl groups excluding tert-OH is 1. The maximum atomic E-state index is 10.4. The van der Waals surface area contributed by atoms with Crippen LogP contribution in [0.15, 0.2) is 5.11 Å². The van der Waals surface area contributed by atoms with E-state index in [4.69, 9.17) is 10.6 Å². The van der Waals surface area contributed by atoms with Gasteiger partial charge in [0.05, 0.1) is 27.4 Å². The molecule has 0 amide bonds. The largest absolute Gasteiger partial charge is 0.467 e. The topological polar surface area (TPSA) is 134 Å². The molecule has 0 spiro atoms. The van der Waals surface area contributed by atoms with Gasteiger partial charge in [0.1, 0.15) is 0 Å². The molecule has 96 valence electrons. The fraction of sp³-hybridized carbons (Fsp3) is 0.750. The van der Waals surface area contributed by atoms with Crippen molar-refractivity contribution in [2.24, 2.45) is 5.11 Å². The summed E-state index contributed by atoms with van der Waals surface area (Å²) in [4.78, 5) is 22.9. The molecule has 9 nitrogen and oxygen atoms in total. The molecule has 1 rings (SSSR count). The van der Waals surface area contributed by atoms with Gasteiger partial charge in [0.25, 0.3) is 0 Å². The van der Waals surface area contributed by atoms with Crippen molar-refractivity contribution in [3.63, 3.8) is 0 Å². The molecule has 0 radical (unpaired) electrons. The number of ether oxygens (including phenoxy) is 3. The Morgan fingerprint density at radius 3 is 2.47 bits per heavy atom. The summed E-state index contributed by atoms with van der Waals surface area (Å²) in [6.07, 6.45) is -1.59. The number of azide groups is 1. The monoisotopic (exact) mass is 247 g/mol. The lowest BCUT2D eigenvalue weighted by molar-refractivity contribution is -0.149. The number of hydrogen-bond acceptors (Lipinski definition) is 7. The minimum Gasteiger partial charge on any atom is -0.467 e. The van der Waals surface area contributed by atoms with Gasteiger partial charge in [0.15, 0.2) is 12.2 Å². The summed E-state index contributed by atoms with van der Waals surface area (Å²) in [5.74, 6) is -1.06. The molecular weight excluding hydrogens is 234 g/mol. The van der Waals surface area contributed by atoms with Crippen LogP contribution in [0.25, 0.3) is 10.4 Å². The van der Waals surface area contributed by atoms with Crippen molar-refractivity contribution in [2.75, 3.05) is 27.4 Å². The van der Waals surface area contributed by atoms with E-state index in [-0.39, 0.29) is 18.6 Å². The van der Waals surface area contributed by atoms with Crippen molar-refractivity contribution in [2.45, 2.75) is 12.2 Å². The standard InChI is InChI=1S/C4H7N3O3.C4H6O3/c1-10-4(9)3(8)2-6-7-5;1-6-4(5)3-2-7-3/h3,8H,2H2,1H3;3H,2H2,1H3/t2*3-/m11/s1. The Kier molecular flexibility index (Phi) is 7.44. The van der Waals surface area contributed by atoms with Crippen LogP contribution in [0.3, 0.4) is 0 Å². The summed E-state index contributed by atoms with van der Waals surface area (Å²) >= 11 is 0. The lowest BCUT2D eigenvalue weighted by Crippen LogP contribution is -2.24. The smallest absolute Gasteiger partial charge is 0.337 e. The fourth-order valence-corrected chi connectivity index (χ4v) is 0.640. The zero-order valence-electron chi connectivity index (χ0n) is 9.40. The summed E-state index contributed by atoms with van der Waals surface area (Å²) in [6.45, 7) is 0.246. The van der Waals surface area contributed by atoms with Gasteiger partial charge in [-0.3, -0.25) is 0 Å². The van der Waals surface area contributed by atoms with Gasteiger partial charge in [-0.1, -0.05) is 5.11 Å². The third-order valence-corrected chi connectivity index (χ3v) is 1.59. The summed E-state index contributed by atoms with van der Waals surface area (Å²) in [7, 11) is 2.49. The zero-order chi connectivity index (χ0) is 13.3. The van der Waals surface area contributed by atoms with E-state index >= 15 is 0 Å². The van der Waals surface area contributed by atoms with Crippen LogP contribution >= 0.6 is 0 Å². The highest BCUT2D eigenvalue weighted by Crippen LogP contribution is 2.08. The van der Waals surface area contributed by atoms with E-state index in [1.54, 1.807) is 0 Å². The number of methoxy groups -OCH3 is 2. The lowest BCUT2D eigenvalue weighted by atomic mass is 10.4. The summed E-state index contributed by atoms with van der Waals surface area (Å²) in [5.41, 5.74) is 7.76. The number of hydrogen-bond donors (Lipinski definition) is 1. The average molecular weight is 247 g/mol. The molecule has 0 unspecified atom stereocenters. The van der Waals surface area contributed by atoms with Gasteiger partial charge in [0.2, 0.25) is 0 Å². The molecule has 0 bridgehead atoms. The molecule has 0 aromatic rings.